The van der Waals surface area contributed by atoms with Gasteiger partial charge in [-0.15, -0.1) is 0 Å². The van der Waals surface area contributed by atoms with Crippen LogP contribution >= 0.6 is 0 Å². The summed E-state index contributed by atoms with van der Waals surface area (Å²) in [6, 6.07) is 18.5. The molecule has 2 amide bonds. The number of amides is 2. The summed E-state index contributed by atoms with van der Waals surface area (Å²) in [7, 11) is 0. The minimum absolute atomic E-state index is 0.0618. The molecule has 0 unspecified atom stereocenters. The molecule has 0 spiro atoms. The first-order valence-electron chi connectivity index (χ1n) is 7.77. The first kappa shape index (κ1) is 19.7. The van der Waals surface area contributed by atoms with Crippen molar-refractivity contribution in [2.75, 3.05) is 0 Å². The van der Waals surface area contributed by atoms with Crippen molar-refractivity contribution in [2.45, 2.75) is 22.7 Å². The fourth-order valence-corrected chi connectivity index (χ4v) is 5.79. The Morgan fingerprint density at radius 3 is 1.84 bits per heavy atom. The fourth-order valence-electron chi connectivity index (χ4n) is 1.95. The average Bonchev–Trinajstić information content (AvgIpc) is 2.64. The van der Waals surface area contributed by atoms with Crippen LogP contribution in [0.2, 0.25) is 10.6 Å². The molecule has 7 heteroatoms. The molecule has 25 heavy (non-hydrogen) atoms. The van der Waals surface area contributed by atoms with Crippen molar-refractivity contribution >= 4 is 50.7 Å². The van der Waals surface area contributed by atoms with Crippen LogP contribution in [0.4, 0.5) is 0 Å². The van der Waals surface area contributed by atoms with Crippen LogP contribution in [0.15, 0.2) is 60.7 Å². The molecule has 0 radical (unpaired) electrons. The summed E-state index contributed by atoms with van der Waals surface area (Å²) in [4.78, 5) is 23.9. The quantitative estimate of drug-likeness (QED) is 0.419. The monoisotopic (exact) mass is 471 g/mol. The Bertz CT molecular complexity index is 683. The molecule has 0 aromatic heterocycles. The summed E-state index contributed by atoms with van der Waals surface area (Å²) in [5.41, 5.74) is 11.4. The Morgan fingerprint density at radius 2 is 1.36 bits per heavy atom. The molecule has 5 N–H and O–H groups in total. The maximum absolute atomic E-state index is 12.3. The van der Waals surface area contributed by atoms with Crippen LogP contribution in [0.25, 0.3) is 0 Å². The second kappa shape index (κ2) is 10.4. The van der Waals surface area contributed by atoms with Crippen molar-refractivity contribution in [1.29, 1.82) is 0 Å². The predicted molar refractivity (Wildman–Crippen MR) is 102 cm³/mol. The van der Waals surface area contributed by atoms with E-state index in [1.54, 1.807) is 0 Å². The Labute approximate surface area is 160 Å². The van der Waals surface area contributed by atoms with Gasteiger partial charge in [-0.2, -0.15) is 0 Å². The van der Waals surface area contributed by atoms with E-state index in [1.807, 2.05) is 60.7 Å². The van der Waals surface area contributed by atoms with E-state index < -0.39 is 18.0 Å². The first-order chi connectivity index (χ1) is 12.1. The predicted octanol–water partition coefficient (Wildman–Crippen LogP) is -0.820. The van der Waals surface area contributed by atoms with Crippen molar-refractivity contribution < 1.29 is 9.59 Å². The van der Waals surface area contributed by atoms with E-state index in [1.165, 1.54) is 4.46 Å². The minimum atomic E-state index is -0.678. The van der Waals surface area contributed by atoms with Gasteiger partial charge in [0.2, 0.25) is 0 Å². The molecule has 2 rings (SSSR count). The van der Waals surface area contributed by atoms with Crippen LogP contribution in [0.5, 0.6) is 0 Å². The Hall–Kier alpha value is -1.62. The number of carbonyl (C=O) groups is 2. The van der Waals surface area contributed by atoms with Crippen LogP contribution < -0.4 is 25.7 Å². The van der Waals surface area contributed by atoms with E-state index in [9.17, 15) is 9.59 Å². The standard InChI is InChI=1S/C18H21N3O2Se2/c19-15(11-24-13-7-3-1-4-8-13)18(23)21-16(17(20)22)12-25-14-9-5-2-6-10-14/h1-10,15-16H,11-12,19H2,(H2,20,22)(H,21,23)/t15-,16-/m0/s1. The molecule has 5 nitrogen and oxygen atoms in total. The molecular formula is C18H21N3O2Se2. The maximum atomic E-state index is 12.3. The van der Waals surface area contributed by atoms with E-state index in [4.69, 9.17) is 11.5 Å². The third-order valence-electron chi connectivity index (χ3n) is 3.33. The topological polar surface area (TPSA) is 98.2 Å². The molecule has 0 aliphatic rings. The molecule has 132 valence electrons. The molecule has 0 bridgehead atoms. The van der Waals surface area contributed by atoms with E-state index in [0.717, 1.165) is 4.46 Å². The summed E-state index contributed by atoms with van der Waals surface area (Å²) in [6.07, 6.45) is 0. The molecule has 0 aliphatic carbocycles. The Balaban J connectivity index is 1.83. The van der Waals surface area contributed by atoms with E-state index in [-0.39, 0.29) is 35.8 Å². The molecule has 2 atom stereocenters. The van der Waals surface area contributed by atoms with Crippen molar-refractivity contribution in [2.24, 2.45) is 11.5 Å². The number of primary amides is 1. The molecule has 0 aliphatic heterocycles. The zero-order valence-electron chi connectivity index (χ0n) is 13.6. The van der Waals surface area contributed by atoms with Gasteiger partial charge in [0.25, 0.3) is 0 Å². The second-order valence-electron chi connectivity index (χ2n) is 5.32. The number of nitrogens with one attached hydrogen (secondary N) is 1. The number of benzene rings is 2. The molecule has 0 saturated heterocycles. The van der Waals surface area contributed by atoms with E-state index in [2.05, 4.69) is 5.32 Å². The summed E-state index contributed by atoms with van der Waals surface area (Å²) in [5, 5.41) is 3.81. The van der Waals surface area contributed by atoms with Gasteiger partial charge in [-0.05, 0) is 0 Å². The number of hydrogen-bond acceptors (Lipinski definition) is 3. The summed E-state index contributed by atoms with van der Waals surface area (Å²) in [5.74, 6) is -0.836. The van der Waals surface area contributed by atoms with Crippen molar-refractivity contribution in [3.05, 3.63) is 60.7 Å². The van der Waals surface area contributed by atoms with Crippen LogP contribution in [-0.2, 0) is 9.59 Å². The SMILES string of the molecule is NC(=O)[C@H](C[Se]c1ccccc1)NC(=O)[C@@H](N)C[Se]c1ccccc1. The second-order valence-corrected chi connectivity index (χ2v) is 9.91. The number of carbonyl (C=O) groups excluding carboxylic acids is 2. The first-order valence-corrected chi connectivity index (χ1v) is 11.9. The van der Waals surface area contributed by atoms with Crippen LogP contribution in [0.1, 0.15) is 0 Å². The van der Waals surface area contributed by atoms with Gasteiger partial charge in [-0.25, -0.2) is 0 Å². The van der Waals surface area contributed by atoms with E-state index >= 15 is 0 Å². The fraction of sp³-hybridized carbons (Fsp3) is 0.222. The molecule has 2 aromatic rings. The van der Waals surface area contributed by atoms with Crippen molar-refractivity contribution in [3.63, 3.8) is 0 Å². The van der Waals surface area contributed by atoms with Crippen molar-refractivity contribution in [3.8, 4) is 0 Å². The molecular weight excluding hydrogens is 448 g/mol. The van der Waals surface area contributed by atoms with Crippen LogP contribution in [0, 0.1) is 0 Å². The number of nitrogens with two attached hydrogens (primary N) is 2. The van der Waals surface area contributed by atoms with Gasteiger partial charge in [-0.3, -0.25) is 0 Å². The normalized spacial score (nSPS) is 13.0. The van der Waals surface area contributed by atoms with Gasteiger partial charge in [0.05, 0.1) is 0 Å². The van der Waals surface area contributed by atoms with Gasteiger partial charge in [-0.1, -0.05) is 0 Å². The Kier molecular flexibility index (Phi) is 8.19. The number of hydrogen-bond donors (Lipinski definition) is 3. The summed E-state index contributed by atoms with van der Waals surface area (Å²) < 4.78 is 2.35. The third kappa shape index (κ3) is 7.02. The van der Waals surface area contributed by atoms with Gasteiger partial charge in [0.15, 0.2) is 0 Å². The van der Waals surface area contributed by atoms with Gasteiger partial charge >= 0.3 is 160 Å². The van der Waals surface area contributed by atoms with Crippen molar-refractivity contribution in [1.82, 2.24) is 5.32 Å². The van der Waals surface area contributed by atoms with Crippen LogP contribution in [-0.4, -0.2) is 53.8 Å². The zero-order valence-corrected chi connectivity index (χ0v) is 17.1. The Morgan fingerprint density at radius 1 is 0.880 bits per heavy atom. The molecule has 0 fully saturated rings. The van der Waals surface area contributed by atoms with Gasteiger partial charge in [0.1, 0.15) is 0 Å². The van der Waals surface area contributed by atoms with Gasteiger partial charge in [0, 0.05) is 0 Å². The third-order valence-corrected chi connectivity index (χ3v) is 8.02. The van der Waals surface area contributed by atoms with E-state index in [0.29, 0.717) is 10.6 Å². The molecule has 0 saturated carbocycles. The number of rotatable bonds is 9. The van der Waals surface area contributed by atoms with Gasteiger partial charge < -0.3 is 0 Å². The average molecular weight is 469 g/mol. The zero-order chi connectivity index (χ0) is 18.1. The summed E-state index contributed by atoms with van der Waals surface area (Å²) >= 11 is 0.181. The van der Waals surface area contributed by atoms with Crippen LogP contribution in [0.3, 0.4) is 0 Å². The molecule has 0 heterocycles. The summed E-state index contributed by atoms with van der Waals surface area (Å²) in [6.45, 7) is 0. The molecule has 2 aromatic carbocycles.